The van der Waals surface area contributed by atoms with Gasteiger partial charge in [0.05, 0.1) is 23.9 Å². The number of nitrogens with zero attached hydrogens (tertiary/aromatic N) is 4. The molecular weight excluding hydrogens is 458 g/mol. The molecule has 12 heteroatoms. The van der Waals surface area contributed by atoms with Crippen molar-refractivity contribution in [3.8, 4) is 0 Å². The van der Waals surface area contributed by atoms with Crippen LogP contribution in [0.25, 0.3) is 0 Å². The molecule has 3 amide bonds. The Bertz CT molecular complexity index is 1120. The second kappa shape index (κ2) is 8.90. The van der Waals surface area contributed by atoms with Crippen LogP contribution in [0.2, 0.25) is 0 Å². The van der Waals surface area contributed by atoms with E-state index >= 15 is 0 Å². The van der Waals surface area contributed by atoms with Crippen molar-refractivity contribution in [1.29, 1.82) is 0 Å². The van der Waals surface area contributed by atoms with Gasteiger partial charge in [-0.05, 0) is 24.6 Å². The van der Waals surface area contributed by atoms with Crippen LogP contribution in [0.1, 0.15) is 40.7 Å². The number of rotatable bonds is 3. The quantitative estimate of drug-likeness (QED) is 0.657. The van der Waals surface area contributed by atoms with E-state index in [4.69, 9.17) is 0 Å². The minimum absolute atomic E-state index is 0.0460. The molecule has 2 N–H and O–H groups in total. The van der Waals surface area contributed by atoms with Gasteiger partial charge in [-0.1, -0.05) is 6.92 Å². The van der Waals surface area contributed by atoms with E-state index in [0.717, 1.165) is 6.07 Å². The number of anilines is 1. The highest BCUT2D eigenvalue weighted by Crippen LogP contribution is 2.33. The predicted molar refractivity (Wildman–Crippen MR) is 114 cm³/mol. The zero-order chi connectivity index (χ0) is 24.8. The number of aliphatic hydroxyl groups is 1. The van der Waals surface area contributed by atoms with Crippen molar-refractivity contribution in [1.82, 2.24) is 19.6 Å². The maximum absolute atomic E-state index is 13.5. The molecule has 0 spiro atoms. The van der Waals surface area contributed by atoms with Gasteiger partial charge in [0, 0.05) is 50.3 Å². The first kappa shape index (κ1) is 24.0. The Balaban J connectivity index is 1.56. The Morgan fingerprint density at radius 2 is 2.06 bits per heavy atom. The number of halogens is 4. The fourth-order valence-electron chi connectivity index (χ4n) is 4.47. The molecule has 2 atom stereocenters. The summed E-state index contributed by atoms with van der Waals surface area (Å²) in [6.07, 6.45) is -4.59. The Hall–Kier alpha value is -3.15. The monoisotopic (exact) mass is 483 g/mol. The van der Waals surface area contributed by atoms with Gasteiger partial charge in [-0.25, -0.2) is 9.18 Å². The molecule has 2 aromatic rings. The average molecular weight is 483 g/mol. The molecule has 0 fully saturated rings. The van der Waals surface area contributed by atoms with Gasteiger partial charge in [-0.2, -0.15) is 18.3 Å². The highest BCUT2D eigenvalue weighted by Gasteiger charge is 2.37. The SMILES string of the molecule is CC[C@H](O)[C@@H]1CN(C)C(=O)c2c3c(nn2C1)CCN(C(=O)Nc1ccc(F)c(C(F)(F)F)c1)C3. The molecule has 0 saturated carbocycles. The number of nitrogens with one attached hydrogen (secondary N) is 1. The minimum Gasteiger partial charge on any atom is -0.393 e. The lowest BCUT2D eigenvalue weighted by Gasteiger charge is -2.28. The molecular formula is C22H25F4N5O3. The normalized spacial score (nSPS) is 19.4. The zero-order valence-electron chi connectivity index (χ0n) is 18.7. The number of aromatic nitrogens is 2. The van der Waals surface area contributed by atoms with Crippen LogP contribution >= 0.6 is 0 Å². The second-order valence-electron chi connectivity index (χ2n) is 8.67. The number of hydrogen-bond donors (Lipinski definition) is 2. The van der Waals surface area contributed by atoms with E-state index in [2.05, 4.69) is 10.4 Å². The van der Waals surface area contributed by atoms with E-state index in [-0.39, 0.29) is 30.6 Å². The van der Waals surface area contributed by atoms with Crippen molar-refractivity contribution in [3.05, 3.63) is 46.5 Å². The number of carbonyl (C=O) groups is 2. The fourth-order valence-corrected chi connectivity index (χ4v) is 4.47. The molecule has 34 heavy (non-hydrogen) atoms. The molecule has 1 aromatic carbocycles. The summed E-state index contributed by atoms with van der Waals surface area (Å²) in [7, 11) is 1.65. The van der Waals surface area contributed by atoms with Crippen molar-refractivity contribution >= 4 is 17.6 Å². The highest BCUT2D eigenvalue weighted by molar-refractivity contribution is 5.95. The molecule has 0 saturated heterocycles. The highest BCUT2D eigenvalue weighted by atomic mass is 19.4. The number of fused-ring (bicyclic) bond motifs is 3. The number of carbonyl (C=O) groups excluding carboxylic acids is 2. The van der Waals surface area contributed by atoms with Crippen LogP contribution in [-0.2, 0) is 25.7 Å². The van der Waals surface area contributed by atoms with Gasteiger partial charge in [0.25, 0.3) is 5.91 Å². The molecule has 4 rings (SSSR count). The third-order valence-corrected chi connectivity index (χ3v) is 6.34. The fraction of sp³-hybridized carbons (Fsp3) is 0.500. The Morgan fingerprint density at radius 3 is 2.74 bits per heavy atom. The zero-order valence-corrected chi connectivity index (χ0v) is 18.7. The van der Waals surface area contributed by atoms with Gasteiger partial charge in [-0.3, -0.25) is 9.48 Å². The summed E-state index contributed by atoms with van der Waals surface area (Å²) in [5.41, 5.74) is -0.0494. The van der Waals surface area contributed by atoms with Crippen LogP contribution in [0, 0.1) is 11.7 Å². The van der Waals surface area contributed by atoms with Gasteiger partial charge in [0.2, 0.25) is 0 Å². The van der Waals surface area contributed by atoms with E-state index in [1.54, 1.807) is 11.7 Å². The lowest BCUT2D eigenvalue weighted by molar-refractivity contribution is -0.139. The topological polar surface area (TPSA) is 90.7 Å². The largest absolute Gasteiger partial charge is 0.419 e. The first-order chi connectivity index (χ1) is 16.0. The van der Waals surface area contributed by atoms with Gasteiger partial charge in [0.15, 0.2) is 0 Å². The summed E-state index contributed by atoms with van der Waals surface area (Å²) < 4.78 is 54.1. The van der Waals surface area contributed by atoms with Crippen molar-refractivity contribution < 1.29 is 32.3 Å². The Morgan fingerprint density at radius 1 is 1.32 bits per heavy atom. The van der Waals surface area contributed by atoms with Crippen LogP contribution in [-0.4, -0.2) is 62.9 Å². The van der Waals surface area contributed by atoms with Gasteiger partial charge < -0.3 is 20.2 Å². The maximum atomic E-state index is 13.5. The molecule has 2 aliphatic rings. The summed E-state index contributed by atoms with van der Waals surface area (Å²) >= 11 is 0. The molecule has 0 bridgehead atoms. The number of hydrogen-bond acceptors (Lipinski definition) is 4. The number of aliphatic hydroxyl groups excluding tert-OH is 1. The van der Waals surface area contributed by atoms with Crippen LogP contribution in [0.3, 0.4) is 0 Å². The summed E-state index contributed by atoms with van der Waals surface area (Å²) in [5.74, 6) is -1.89. The second-order valence-corrected chi connectivity index (χ2v) is 8.67. The summed E-state index contributed by atoms with van der Waals surface area (Å²) in [4.78, 5) is 28.8. The van der Waals surface area contributed by atoms with Crippen molar-refractivity contribution in [2.75, 3.05) is 25.5 Å². The smallest absolute Gasteiger partial charge is 0.393 e. The van der Waals surface area contributed by atoms with Gasteiger partial charge in [-0.15, -0.1) is 0 Å². The van der Waals surface area contributed by atoms with Crippen molar-refractivity contribution in [3.63, 3.8) is 0 Å². The molecule has 2 aliphatic heterocycles. The van der Waals surface area contributed by atoms with Crippen LogP contribution < -0.4 is 5.32 Å². The third kappa shape index (κ3) is 4.46. The first-order valence-electron chi connectivity index (χ1n) is 10.9. The maximum Gasteiger partial charge on any atom is 0.419 e. The van der Waals surface area contributed by atoms with Crippen molar-refractivity contribution in [2.24, 2.45) is 5.92 Å². The Labute approximate surface area is 193 Å². The van der Waals surface area contributed by atoms with E-state index in [1.807, 2.05) is 6.92 Å². The van der Waals surface area contributed by atoms with Crippen LogP contribution in [0.5, 0.6) is 0 Å². The van der Waals surface area contributed by atoms with Gasteiger partial charge in [0.1, 0.15) is 11.5 Å². The number of urea groups is 1. The predicted octanol–water partition coefficient (Wildman–Crippen LogP) is 3.10. The van der Waals surface area contributed by atoms with Crippen LogP contribution in [0.4, 0.5) is 28.0 Å². The Kier molecular flexibility index (Phi) is 6.28. The average Bonchev–Trinajstić information content (AvgIpc) is 3.08. The van der Waals surface area contributed by atoms with Gasteiger partial charge >= 0.3 is 12.2 Å². The summed E-state index contributed by atoms with van der Waals surface area (Å²) in [6, 6.07) is 1.59. The molecule has 1 aromatic heterocycles. The molecule has 0 unspecified atom stereocenters. The molecule has 184 valence electrons. The molecule has 0 aliphatic carbocycles. The first-order valence-corrected chi connectivity index (χ1v) is 10.9. The van der Waals surface area contributed by atoms with Crippen molar-refractivity contribution in [2.45, 2.75) is 45.1 Å². The lowest BCUT2D eigenvalue weighted by atomic mass is 10.0. The van der Waals surface area contributed by atoms with E-state index < -0.39 is 29.7 Å². The third-order valence-electron chi connectivity index (χ3n) is 6.34. The van der Waals surface area contributed by atoms with E-state index in [0.29, 0.717) is 55.0 Å². The van der Waals surface area contributed by atoms with E-state index in [9.17, 15) is 32.3 Å². The lowest BCUT2D eigenvalue weighted by Crippen LogP contribution is -2.40. The van der Waals surface area contributed by atoms with E-state index in [1.165, 1.54) is 9.80 Å². The summed E-state index contributed by atoms with van der Waals surface area (Å²) in [6.45, 7) is 2.87. The standard InChI is InChI=1S/C22H25F4N5O3/c1-3-18(32)12-9-29(2)20(33)19-14-11-30(7-6-17(14)28-31(19)10-12)21(34)27-13-4-5-16(23)15(8-13)22(24,25)26/h4-5,8,12,18,32H,3,6-7,9-11H2,1-2H3,(H,27,34)/t12-,18+/m1/s1. The van der Waals surface area contributed by atoms with Crippen LogP contribution in [0.15, 0.2) is 18.2 Å². The molecule has 0 radical (unpaired) electrons. The molecule has 8 nitrogen and oxygen atoms in total. The number of alkyl halides is 3. The number of benzene rings is 1. The minimum atomic E-state index is -4.89. The number of amides is 3. The molecule has 3 heterocycles. The summed E-state index contributed by atoms with van der Waals surface area (Å²) in [5, 5.41) is 17.3.